The van der Waals surface area contributed by atoms with E-state index in [2.05, 4.69) is 10.1 Å². The SMILES string of the molecule is CC(C)/C=C/[C@@H](CC1O[C@](O)(C[C@@H](O)C(C)C)C[C@H](O)[C@H]1NC(=O)OCF)OC1OC(C)C(O)C(N)C1O. The molecular weight excluding hydrogens is 507 g/mol. The van der Waals surface area contributed by atoms with E-state index in [1.165, 1.54) is 0 Å². The van der Waals surface area contributed by atoms with Crippen LogP contribution in [0.5, 0.6) is 0 Å². The van der Waals surface area contributed by atoms with Gasteiger partial charge in [0.25, 0.3) is 0 Å². The van der Waals surface area contributed by atoms with Crippen molar-refractivity contribution in [2.45, 2.75) is 121 Å². The van der Waals surface area contributed by atoms with Crippen LogP contribution in [0.4, 0.5) is 9.18 Å². The maximum atomic E-state index is 12.6. The maximum absolute atomic E-state index is 12.6. The molecule has 0 aromatic carbocycles. The molecule has 0 bridgehead atoms. The lowest BCUT2D eigenvalue weighted by Crippen LogP contribution is -2.63. The summed E-state index contributed by atoms with van der Waals surface area (Å²) in [6.07, 6.45) is -6.89. The van der Waals surface area contributed by atoms with Crippen molar-refractivity contribution >= 4 is 6.09 Å². The fourth-order valence-corrected chi connectivity index (χ4v) is 4.52. The summed E-state index contributed by atoms with van der Waals surface area (Å²) >= 11 is 0. The summed E-state index contributed by atoms with van der Waals surface area (Å²) in [7, 11) is 0. The highest BCUT2D eigenvalue weighted by Gasteiger charge is 2.49. The molecule has 1 amide bonds. The molecule has 6 unspecified atom stereocenters. The molecule has 12 nitrogen and oxygen atoms in total. The molecule has 38 heavy (non-hydrogen) atoms. The first-order valence-corrected chi connectivity index (χ1v) is 13.0. The minimum absolute atomic E-state index is 0.0698. The van der Waals surface area contributed by atoms with E-state index in [4.69, 9.17) is 19.9 Å². The van der Waals surface area contributed by atoms with Gasteiger partial charge in [-0.3, -0.25) is 0 Å². The van der Waals surface area contributed by atoms with Crippen LogP contribution in [0.1, 0.15) is 53.9 Å². The highest BCUT2D eigenvalue weighted by atomic mass is 19.1. The molecule has 2 rings (SSSR count). The number of alkyl carbamates (subject to hydrolysis) is 1. The molecule has 2 aliphatic heterocycles. The largest absolute Gasteiger partial charge is 0.418 e. The lowest BCUT2D eigenvalue weighted by Gasteiger charge is -2.46. The number of hydrogen-bond donors (Lipinski definition) is 7. The number of nitrogens with one attached hydrogen (secondary N) is 1. The molecule has 0 saturated carbocycles. The van der Waals surface area contributed by atoms with E-state index in [0.29, 0.717) is 0 Å². The first-order chi connectivity index (χ1) is 17.7. The molecule has 11 atom stereocenters. The predicted molar refractivity (Wildman–Crippen MR) is 133 cm³/mol. The third kappa shape index (κ3) is 9.07. The zero-order valence-corrected chi connectivity index (χ0v) is 22.6. The highest BCUT2D eigenvalue weighted by Crippen LogP contribution is 2.35. The number of hydrogen-bond acceptors (Lipinski definition) is 11. The monoisotopic (exact) mass is 552 g/mol. The van der Waals surface area contributed by atoms with Crippen LogP contribution in [0.15, 0.2) is 12.2 Å². The standard InChI is InChI=1S/C25H45FN2O10/c1-12(2)6-7-15(37-23-22(32)19(27)21(31)14(5)36-23)8-18-20(28-24(33)35-11-26)17(30)10-25(34,38-18)9-16(29)13(3)4/h6-7,12-23,29-32,34H,8-11,27H2,1-5H3,(H,28,33)/b7-6+/t14?,15-,16+,17-,18?,19?,20+,21?,22?,23?,25+/m0/s1. The second kappa shape index (κ2) is 14.3. The summed E-state index contributed by atoms with van der Waals surface area (Å²) in [5.74, 6) is -2.04. The fraction of sp³-hybridized carbons (Fsp3) is 0.880. The van der Waals surface area contributed by atoms with Crippen molar-refractivity contribution in [3.8, 4) is 0 Å². The summed E-state index contributed by atoms with van der Waals surface area (Å²) in [6, 6.07) is -2.16. The Morgan fingerprint density at radius 2 is 1.87 bits per heavy atom. The van der Waals surface area contributed by atoms with Crippen LogP contribution in [0.25, 0.3) is 0 Å². The Kier molecular flexibility index (Phi) is 12.3. The quantitative estimate of drug-likeness (QED) is 0.171. The third-order valence-electron chi connectivity index (χ3n) is 6.86. The van der Waals surface area contributed by atoms with Gasteiger partial charge < -0.3 is 55.5 Å². The van der Waals surface area contributed by atoms with E-state index in [1.54, 1.807) is 26.8 Å². The number of aliphatic hydroxyl groups is 5. The first-order valence-electron chi connectivity index (χ1n) is 13.0. The van der Waals surface area contributed by atoms with Crippen LogP contribution in [0.2, 0.25) is 0 Å². The lowest BCUT2D eigenvalue weighted by atomic mass is 9.86. The topological polar surface area (TPSA) is 193 Å². The van der Waals surface area contributed by atoms with Crippen LogP contribution >= 0.6 is 0 Å². The average molecular weight is 553 g/mol. The number of carbonyl (C=O) groups is 1. The number of allylic oxidation sites excluding steroid dienone is 1. The molecule has 2 heterocycles. The van der Waals surface area contributed by atoms with E-state index in [9.17, 15) is 34.7 Å². The van der Waals surface area contributed by atoms with Gasteiger partial charge in [0, 0.05) is 19.3 Å². The van der Waals surface area contributed by atoms with Crippen LogP contribution in [-0.2, 0) is 18.9 Å². The molecule has 2 aliphatic rings. The smallest absolute Gasteiger partial charge is 0.409 e. The summed E-state index contributed by atoms with van der Waals surface area (Å²) in [4.78, 5) is 12.0. The summed E-state index contributed by atoms with van der Waals surface area (Å²) in [5.41, 5.74) is 5.93. The van der Waals surface area contributed by atoms with Crippen molar-refractivity contribution in [3.05, 3.63) is 12.2 Å². The van der Waals surface area contributed by atoms with Crippen molar-refractivity contribution < 1.29 is 53.7 Å². The Morgan fingerprint density at radius 3 is 2.45 bits per heavy atom. The number of carbonyl (C=O) groups excluding carboxylic acids is 1. The minimum atomic E-state index is -1.94. The zero-order valence-electron chi connectivity index (χ0n) is 22.6. The molecule has 0 radical (unpaired) electrons. The highest BCUT2D eigenvalue weighted by molar-refractivity contribution is 5.67. The first kappa shape index (κ1) is 32.8. The molecule has 0 aromatic rings. The second-order valence-corrected chi connectivity index (χ2v) is 10.9. The number of ether oxygens (including phenoxy) is 4. The van der Waals surface area contributed by atoms with Crippen molar-refractivity contribution in [2.24, 2.45) is 17.6 Å². The molecule has 0 aromatic heterocycles. The van der Waals surface area contributed by atoms with Gasteiger partial charge in [-0.05, 0) is 18.8 Å². The Bertz CT molecular complexity index is 774. The number of halogens is 1. The van der Waals surface area contributed by atoms with E-state index in [0.717, 1.165) is 0 Å². The number of rotatable bonds is 11. The Balaban J connectivity index is 2.33. The summed E-state index contributed by atoms with van der Waals surface area (Å²) in [5, 5.41) is 55.5. The molecule has 0 aliphatic carbocycles. The van der Waals surface area contributed by atoms with E-state index < -0.39 is 79.8 Å². The van der Waals surface area contributed by atoms with Gasteiger partial charge in [0.2, 0.25) is 6.86 Å². The van der Waals surface area contributed by atoms with Gasteiger partial charge in [0.05, 0.1) is 48.7 Å². The lowest BCUT2D eigenvalue weighted by molar-refractivity contribution is -0.303. The minimum Gasteiger partial charge on any atom is -0.418 e. The van der Waals surface area contributed by atoms with Crippen LogP contribution in [-0.4, -0.2) is 105 Å². The Hall–Kier alpha value is -1.42. The van der Waals surface area contributed by atoms with Crippen molar-refractivity contribution in [1.29, 1.82) is 0 Å². The summed E-state index contributed by atoms with van der Waals surface area (Å²) in [6.45, 7) is 7.59. The van der Waals surface area contributed by atoms with E-state index in [-0.39, 0.29) is 31.1 Å². The molecule has 13 heteroatoms. The average Bonchev–Trinajstić information content (AvgIpc) is 2.81. The molecule has 2 saturated heterocycles. The molecular formula is C25H45FN2O10. The molecule has 8 N–H and O–H groups in total. The van der Waals surface area contributed by atoms with Crippen molar-refractivity contribution in [3.63, 3.8) is 0 Å². The van der Waals surface area contributed by atoms with Crippen molar-refractivity contribution in [2.75, 3.05) is 6.86 Å². The maximum Gasteiger partial charge on any atom is 0.409 e. The zero-order chi connectivity index (χ0) is 28.8. The van der Waals surface area contributed by atoms with Crippen LogP contribution in [0, 0.1) is 11.8 Å². The van der Waals surface area contributed by atoms with Gasteiger partial charge in [0.15, 0.2) is 12.1 Å². The molecule has 0 spiro atoms. The van der Waals surface area contributed by atoms with Gasteiger partial charge in [-0.15, -0.1) is 0 Å². The van der Waals surface area contributed by atoms with E-state index >= 15 is 0 Å². The molecule has 2 fully saturated rings. The van der Waals surface area contributed by atoms with Gasteiger partial charge in [-0.1, -0.05) is 39.8 Å². The Labute approximate surface area is 222 Å². The van der Waals surface area contributed by atoms with E-state index in [1.807, 2.05) is 19.9 Å². The third-order valence-corrected chi connectivity index (χ3v) is 6.86. The van der Waals surface area contributed by atoms with Gasteiger partial charge >= 0.3 is 6.09 Å². The molecule has 222 valence electrons. The van der Waals surface area contributed by atoms with Crippen LogP contribution in [0.3, 0.4) is 0 Å². The summed E-state index contributed by atoms with van der Waals surface area (Å²) < 4.78 is 34.5. The normalized spacial score (nSPS) is 37.9. The van der Waals surface area contributed by atoms with Crippen molar-refractivity contribution in [1.82, 2.24) is 5.32 Å². The second-order valence-electron chi connectivity index (χ2n) is 10.9. The number of alkyl halides is 1. The van der Waals surface area contributed by atoms with Gasteiger partial charge in [0.1, 0.15) is 6.10 Å². The van der Waals surface area contributed by atoms with Crippen LogP contribution < -0.4 is 11.1 Å². The fourth-order valence-electron chi connectivity index (χ4n) is 4.52. The number of amides is 1. The number of aliphatic hydroxyl groups excluding tert-OH is 4. The van der Waals surface area contributed by atoms with Gasteiger partial charge in [-0.2, -0.15) is 0 Å². The Morgan fingerprint density at radius 1 is 1.21 bits per heavy atom. The van der Waals surface area contributed by atoms with Gasteiger partial charge in [-0.25, -0.2) is 9.18 Å². The number of nitrogens with two attached hydrogens (primary N) is 1. The predicted octanol–water partition coefficient (Wildman–Crippen LogP) is 0.0350.